The number of para-hydroxylation sites is 1. The van der Waals surface area contributed by atoms with E-state index in [2.05, 4.69) is 40.3 Å². The summed E-state index contributed by atoms with van der Waals surface area (Å²) in [4.78, 5) is 6.70. The zero-order valence-corrected chi connectivity index (χ0v) is 9.70. The van der Waals surface area contributed by atoms with Gasteiger partial charge in [-0.15, -0.1) is 0 Å². The minimum Gasteiger partial charge on any atom is -0.354 e. The maximum absolute atomic E-state index is 5.86. The van der Waals surface area contributed by atoms with Crippen LogP contribution in [0.15, 0.2) is 48.5 Å². The molecule has 18 heavy (non-hydrogen) atoms. The molecule has 0 fully saturated rings. The fourth-order valence-corrected chi connectivity index (χ4v) is 2.60. The van der Waals surface area contributed by atoms with Crippen LogP contribution in [0.2, 0.25) is 0 Å². The smallest absolute Gasteiger partial charge is 0.270 e. The number of nitrogen functional groups attached to an aromatic ring is 1. The van der Waals surface area contributed by atoms with Gasteiger partial charge in [0, 0.05) is 22.4 Å². The summed E-state index contributed by atoms with van der Waals surface area (Å²) in [7, 11) is 0. The lowest BCUT2D eigenvalue weighted by atomic mass is 10.1. The zero-order chi connectivity index (χ0) is 12.1. The third-order valence-electron chi connectivity index (χ3n) is 3.42. The highest BCUT2D eigenvalue weighted by Crippen LogP contribution is 2.29. The van der Waals surface area contributed by atoms with Crippen molar-refractivity contribution in [2.75, 3.05) is 5.73 Å². The third-order valence-corrected chi connectivity index (χ3v) is 3.42. The van der Waals surface area contributed by atoms with Crippen LogP contribution in [0.25, 0.3) is 32.7 Å². The number of fused-ring (bicyclic) bond motifs is 5. The molecule has 0 spiro atoms. The van der Waals surface area contributed by atoms with Crippen molar-refractivity contribution in [2.24, 2.45) is 0 Å². The summed E-state index contributed by atoms with van der Waals surface area (Å²) in [6.45, 7) is 0. The molecule has 4 aromatic rings. The topological polar surface area (TPSA) is 56.0 Å². The Morgan fingerprint density at radius 3 is 2.67 bits per heavy atom. The first-order chi connectivity index (χ1) is 8.83. The van der Waals surface area contributed by atoms with Gasteiger partial charge in [-0.1, -0.05) is 18.2 Å². The molecule has 2 aromatic carbocycles. The maximum atomic E-state index is 5.86. The van der Waals surface area contributed by atoms with Crippen molar-refractivity contribution in [1.29, 1.82) is 0 Å². The van der Waals surface area contributed by atoms with Gasteiger partial charge in [-0.25, -0.2) is 4.98 Å². The first-order valence-corrected chi connectivity index (χ1v) is 5.94. The van der Waals surface area contributed by atoms with E-state index in [0.29, 0.717) is 5.82 Å². The van der Waals surface area contributed by atoms with Gasteiger partial charge in [-0.3, -0.25) is 5.73 Å². The number of pyridine rings is 1. The summed E-state index contributed by atoms with van der Waals surface area (Å²) in [6, 6.07) is 16.5. The molecular weight excluding hydrogens is 222 g/mol. The second-order valence-corrected chi connectivity index (χ2v) is 4.54. The standard InChI is InChI=1S/C15H11N3/c16-13-8-6-9-5-7-12-14(15(9)18-13)10-3-1-2-4-11(10)17-12/h1-8,17H,(H2,16,18)/p+1. The van der Waals surface area contributed by atoms with E-state index >= 15 is 0 Å². The molecule has 3 nitrogen and oxygen atoms in total. The number of aromatic amines is 2. The monoisotopic (exact) mass is 234 g/mol. The molecule has 4 rings (SSSR count). The molecule has 0 unspecified atom stereocenters. The molecule has 0 aliphatic rings. The Morgan fingerprint density at radius 2 is 1.72 bits per heavy atom. The largest absolute Gasteiger partial charge is 0.354 e. The number of nitrogens with one attached hydrogen (secondary N) is 2. The van der Waals surface area contributed by atoms with Crippen molar-refractivity contribution in [3.63, 3.8) is 0 Å². The van der Waals surface area contributed by atoms with Gasteiger partial charge in [0.1, 0.15) is 5.52 Å². The number of nitrogens with two attached hydrogens (primary N) is 1. The van der Waals surface area contributed by atoms with Crippen molar-refractivity contribution < 1.29 is 4.98 Å². The van der Waals surface area contributed by atoms with Crippen LogP contribution in [0.1, 0.15) is 0 Å². The van der Waals surface area contributed by atoms with Gasteiger partial charge in [0.25, 0.3) is 5.82 Å². The fourth-order valence-electron chi connectivity index (χ4n) is 2.60. The van der Waals surface area contributed by atoms with Crippen LogP contribution in [-0.4, -0.2) is 4.98 Å². The van der Waals surface area contributed by atoms with E-state index in [0.717, 1.165) is 16.6 Å². The second kappa shape index (κ2) is 3.23. The van der Waals surface area contributed by atoms with Crippen LogP contribution < -0.4 is 10.7 Å². The average Bonchev–Trinajstić information content (AvgIpc) is 2.77. The molecule has 0 aliphatic heterocycles. The van der Waals surface area contributed by atoms with Crippen LogP contribution in [0.5, 0.6) is 0 Å². The van der Waals surface area contributed by atoms with Crippen LogP contribution in [0.3, 0.4) is 0 Å². The Hall–Kier alpha value is -2.55. The fraction of sp³-hybridized carbons (Fsp3) is 0. The second-order valence-electron chi connectivity index (χ2n) is 4.54. The van der Waals surface area contributed by atoms with Crippen molar-refractivity contribution in [3.8, 4) is 0 Å². The van der Waals surface area contributed by atoms with Crippen molar-refractivity contribution in [1.82, 2.24) is 4.98 Å². The van der Waals surface area contributed by atoms with E-state index in [4.69, 9.17) is 5.73 Å². The Kier molecular flexibility index (Phi) is 1.70. The van der Waals surface area contributed by atoms with Crippen molar-refractivity contribution in [2.45, 2.75) is 0 Å². The lowest BCUT2D eigenvalue weighted by Crippen LogP contribution is -2.10. The molecule has 0 saturated carbocycles. The van der Waals surface area contributed by atoms with E-state index in [9.17, 15) is 0 Å². The van der Waals surface area contributed by atoms with Gasteiger partial charge in [-0.05, 0) is 24.3 Å². The Balaban J connectivity index is 2.35. The SMILES string of the molecule is Nc1ccc2ccc3[nH]c4ccccc4c3c2[nH+]1. The number of aromatic nitrogens is 2. The molecule has 0 amide bonds. The van der Waals surface area contributed by atoms with E-state index < -0.39 is 0 Å². The molecule has 86 valence electrons. The van der Waals surface area contributed by atoms with Crippen LogP contribution >= 0.6 is 0 Å². The highest BCUT2D eigenvalue weighted by molar-refractivity contribution is 6.17. The Labute approximate surface area is 103 Å². The Morgan fingerprint density at radius 1 is 0.889 bits per heavy atom. The number of hydrogen-bond donors (Lipinski definition) is 2. The first kappa shape index (κ1) is 9.48. The maximum Gasteiger partial charge on any atom is 0.270 e. The molecule has 3 heteroatoms. The van der Waals surface area contributed by atoms with Crippen molar-refractivity contribution in [3.05, 3.63) is 48.5 Å². The highest BCUT2D eigenvalue weighted by atomic mass is 14.8. The van der Waals surface area contributed by atoms with Gasteiger partial charge in [0.05, 0.1) is 10.9 Å². The molecule has 0 radical (unpaired) electrons. The molecule has 0 atom stereocenters. The summed E-state index contributed by atoms with van der Waals surface area (Å²) < 4.78 is 0. The number of hydrogen-bond acceptors (Lipinski definition) is 1. The van der Waals surface area contributed by atoms with Gasteiger partial charge in [-0.2, -0.15) is 0 Å². The van der Waals surface area contributed by atoms with Gasteiger partial charge in [0.2, 0.25) is 0 Å². The van der Waals surface area contributed by atoms with Crippen LogP contribution in [-0.2, 0) is 0 Å². The predicted molar refractivity (Wildman–Crippen MR) is 74.3 cm³/mol. The van der Waals surface area contributed by atoms with E-state index in [1.54, 1.807) is 0 Å². The molecule has 0 aliphatic carbocycles. The number of rotatable bonds is 0. The van der Waals surface area contributed by atoms with Crippen molar-refractivity contribution >= 4 is 38.5 Å². The molecule has 2 heterocycles. The van der Waals surface area contributed by atoms with Gasteiger partial charge >= 0.3 is 0 Å². The third kappa shape index (κ3) is 1.16. The molecule has 0 saturated heterocycles. The Bertz CT molecular complexity index is 890. The molecule has 4 N–H and O–H groups in total. The first-order valence-electron chi connectivity index (χ1n) is 5.94. The summed E-state index contributed by atoms with van der Waals surface area (Å²) in [6.07, 6.45) is 0. The minimum absolute atomic E-state index is 0.681. The number of anilines is 1. The number of H-pyrrole nitrogens is 2. The molecule has 2 aromatic heterocycles. The molecule has 0 bridgehead atoms. The summed E-state index contributed by atoms with van der Waals surface area (Å²) >= 11 is 0. The van der Waals surface area contributed by atoms with E-state index in [1.807, 2.05) is 18.2 Å². The lowest BCUT2D eigenvalue weighted by molar-refractivity contribution is -0.325. The normalized spacial score (nSPS) is 11.6. The zero-order valence-electron chi connectivity index (χ0n) is 9.70. The minimum atomic E-state index is 0.681. The number of benzene rings is 2. The highest BCUT2D eigenvalue weighted by Gasteiger charge is 2.10. The van der Waals surface area contributed by atoms with Gasteiger partial charge < -0.3 is 4.98 Å². The molecular formula is C15H12N3+. The van der Waals surface area contributed by atoms with Crippen LogP contribution in [0.4, 0.5) is 5.82 Å². The van der Waals surface area contributed by atoms with Crippen LogP contribution in [0, 0.1) is 0 Å². The quantitative estimate of drug-likeness (QED) is 0.483. The van der Waals surface area contributed by atoms with Gasteiger partial charge in [0.15, 0.2) is 0 Å². The van der Waals surface area contributed by atoms with E-state index in [-0.39, 0.29) is 0 Å². The summed E-state index contributed by atoms with van der Waals surface area (Å²) in [5.41, 5.74) is 9.23. The lowest BCUT2D eigenvalue weighted by Gasteiger charge is -1.97. The average molecular weight is 234 g/mol. The summed E-state index contributed by atoms with van der Waals surface area (Å²) in [5, 5.41) is 3.59. The summed E-state index contributed by atoms with van der Waals surface area (Å²) in [5.74, 6) is 0.681. The van der Waals surface area contributed by atoms with E-state index in [1.165, 1.54) is 16.2 Å². The predicted octanol–water partition coefficient (Wildman–Crippen LogP) is 2.87.